The third-order valence-electron chi connectivity index (χ3n) is 3.21. The Hall–Kier alpha value is -0.410. The molecule has 1 atom stereocenters. The SMILES string of the molecule is COc1cc(Cl)c2c(c1OC)C(Br)CCCC2. The highest BCUT2D eigenvalue weighted by Gasteiger charge is 2.25. The Morgan fingerprint density at radius 1 is 1.29 bits per heavy atom. The van der Waals surface area contributed by atoms with Crippen LogP contribution < -0.4 is 9.47 Å². The molecule has 1 aliphatic rings. The van der Waals surface area contributed by atoms with E-state index in [1.165, 1.54) is 18.4 Å². The molecule has 0 fully saturated rings. The lowest BCUT2D eigenvalue weighted by Crippen LogP contribution is -2.02. The van der Waals surface area contributed by atoms with E-state index in [0.717, 1.165) is 29.2 Å². The maximum absolute atomic E-state index is 6.34. The maximum atomic E-state index is 6.34. The second-order valence-electron chi connectivity index (χ2n) is 4.20. The van der Waals surface area contributed by atoms with E-state index in [1.54, 1.807) is 14.2 Å². The van der Waals surface area contributed by atoms with Gasteiger partial charge in [0.2, 0.25) is 0 Å². The van der Waals surface area contributed by atoms with Crippen LogP contribution in [0.25, 0.3) is 0 Å². The van der Waals surface area contributed by atoms with Gasteiger partial charge in [0.05, 0.1) is 14.2 Å². The van der Waals surface area contributed by atoms with Gasteiger partial charge in [-0.15, -0.1) is 0 Å². The summed E-state index contributed by atoms with van der Waals surface area (Å²) in [6.07, 6.45) is 4.49. The molecule has 1 aromatic rings. The number of halogens is 2. The van der Waals surface area contributed by atoms with Gasteiger partial charge >= 0.3 is 0 Å². The number of hydrogen-bond acceptors (Lipinski definition) is 2. The number of ether oxygens (including phenoxy) is 2. The van der Waals surface area contributed by atoms with Crippen molar-refractivity contribution in [3.63, 3.8) is 0 Å². The highest BCUT2D eigenvalue weighted by atomic mass is 79.9. The smallest absolute Gasteiger partial charge is 0.165 e. The van der Waals surface area contributed by atoms with Crippen LogP contribution in [0.5, 0.6) is 11.5 Å². The molecule has 4 heteroatoms. The van der Waals surface area contributed by atoms with Gasteiger partial charge in [0.15, 0.2) is 11.5 Å². The molecule has 0 N–H and O–H groups in total. The first kappa shape index (κ1) is 13.0. The Bertz CT molecular complexity index is 420. The number of fused-ring (bicyclic) bond motifs is 1. The zero-order valence-electron chi connectivity index (χ0n) is 10.1. The lowest BCUT2D eigenvalue weighted by molar-refractivity contribution is 0.351. The monoisotopic (exact) mass is 318 g/mol. The fourth-order valence-corrected chi connectivity index (χ4v) is 3.49. The van der Waals surface area contributed by atoms with Crippen molar-refractivity contribution in [3.8, 4) is 11.5 Å². The fraction of sp³-hybridized carbons (Fsp3) is 0.538. The largest absolute Gasteiger partial charge is 0.493 e. The minimum absolute atomic E-state index is 0.294. The van der Waals surface area contributed by atoms with E-state index in [0.29, 0.717) is 10.6 Å². The topological polar surface area (TPSA) is 18.5 Å². The van der Waals surface area contributed by atoms with Gasteiger partial charge in [-0.2, -0.15) is 0 Å². The van der Waals surface area contributed by atoms with E-state index < -0.39 is 0 Å². The number of alkyl halides is 1. The van der Waals surface area contributed by atoms with Crippen molar-refractivity contribution in [3.05, 3.63) is 22.2 Å². The van der Waals surface area contributed by atoms with E-state index >= 15 is 0 Å². The minimum atomic E-state index is 0.294. The average molecular weight is 320 g/mol. The molecule has 0 spiro atoms. The number of methoxy groups -OCH3 is 2. The molecule has 0 aliphatic heterocycles. The van der Waals surface area contributed by atoms with Crippen LogP contribution in [0.2, 0.25) is 5.02 Å². The lowest BCUT2D eigenvalue weighted by atomic mass is 10.0. The molecule has 1 aliphatic carbocycles. The van der Waals surface area contributed by atoms with Crippen LogP contribution in [0.4, 0.5) is 0 Å². The van der Waals surface area contributed by atoms with Crippen molar-refractivity contribution in [2.24, 2.45) is 0 Å². The number of benzene rings is 1. The molecule has 0 amide bonds. The van der Waals surface area contributed by atoms with Gasteiger partial charge < -0.3 is 9.47 Å². The summed E-state index contributed by atoms with van der Waals surface area (Å²) in [5, 5.41) is 0.781. The van der Waals surface area contributed by atoms with Crippen LogP contribution in [0.15, 0.2) is 6.07 Å². The summed E-state index contributed by atoms with van der Waals surface area (Å²) in [5.74, 6) is 1.53. The van der Waals surface area contributed by atoms with Crippen molar-refractivity contribution in [2.45, 2.75) is 30.5 Å². The van der Waals surface area contributed by atoms with E-state index in [2.05, 4.69) is 15.9 Å². The summed E-state index contributed by atoms with van der Waals surface area (Å²) in [7, 11) is 3.32. The van der Waals surface area contributed by atoms with E-state index in [-0.39, 0.29) is 0 Å². The van der Waals surface area contributed by atoms with Gasteiger partial charge in [-0.05, 0) is 24.8 Å². The zero-order chi connectivity index (χ0) is 12.4. The Morgan fingerprint density at radius 3 is 2.71 bits per heavy atom. The Labute approximate surface area is 115 Å². The molecule has 2 nitrogen and oxygen atoms in total. The molecule has 2 rings (SSSR count). The normalized spacial score (nSPS) is 19.4. The van der Waals surface area contributed by atoms with Crippen LogP contribution in [0.1, 0.15) is 35.2 Å². The quantitative estimate of drug-likeness (QED) is 0.589. The highest BCUT2D eigenvalue weighted by Crippen LogP contribution is 2.47. The first-order valence-electron chi connectivity index (χ1n) is 5.76. The molecule has 0 radical (unpaired) electrons. The second-order valence-corrected chi connectivity index (χ2v) is 5.71. The van der Waals surface area contributed by atoms with E-state index in [4.69, 9.17) is 21.1 Å². The maximum Gasteiger partial charge on any atom is 0.165 e. The molecule has 1 unspecified atom stereocenters. The van der Waals surface area contributed by atoms with Crippen LogP contribution in [-0.2, 0) is 6.42 Å². The van der Waals surface area contributed by atoms with Crippen LogP contribution in [0, 0.1) is 0 Å². The summed E-state index contributed by atoms with van der Waals surface area (Å²) >= 11 is 10.1. The molecular weight excluding hydrogens is 303 g/mol. The summed E-state index contributed by atoms with van der Waals surface area (Å²) in [5.41, 5.74) is 2.36. The van der Waals surface area contributed by atoms with Crippen LogP contribution in [0.3, 0.4) is 0 Å². The molecular formula is C13H16BrClO2. The second kappa shape index (κ2) is 5.49. The Morgan fingerprint density at radius 2 is 2.06 bits per heavy atom. The summed E-state index contributed by atoms with van der Waals surface area (Å²) in [6.45, 7) is 0. The fourth-order valence-electron chi connectivity index (χ4n) is 2.38. The predicted octanol–water partition coefficient (Wildman–Crippen LogP) is 4.52. The van der Waals surface area contributed by atoms with Gasteiger partial charge in [-0.25, -0.2) is 0 Å². The van der Waals surface area contributed by atoms with E-state index in [1.807, 2.05) is 6.07 Å². The van der Waals surface area contributed by atoms with Gasteiger partial charge in [0.1, 0.15) is 0 Å². The van der Waals surface area contributed by atoms with Gasteiger partial charge in [0, 0.05) is 21.5 Å². The van der Waals surface area contributed by atoms with Gasteiger partial charge in [-0.1, -0.05) is 34.0 Å². The number of rotatable bonds is 2. The van der Waals surface area contributed by atoms with Crippen molar-refractivity contribution in [2.75, 3.05) is 14.2 Å². The molecule has 0 heterocycles. The molecule has 0 bridgehead atoms. The van der Waals surface area contributed by atoms with Crippen LogP contribution in [-0.4, -0.2) is 14.2 Å². The number of hydrogen-bond donors (Lipinski definition) is 0. The molecule has 0 saturated heterocycles. The highest BCUT2D eigenvalue weighted by molar-refractivity contribution is 9.09. The van der Waals surface area contributed by atoms with E-state index in [9.17, 15) is 0 Å². The van der Waals surface area contributed by atoms with Crippen molar-refractivity contribution < 1.29 is 9.47 Å². The third kappa shape index (κ3) is 2.41. The van der Waals surface area contributed by atoms with Crippen LogP contribution >= 0.6 is 27.5 Å². The zero-order valence-corrected chi connectivity index (χ0v) is 12.4. The van der Waals surface area contributed by atoms with Crippen molar-refractivity contribution in [1.29, 1.82) is 0 Å². The summed E-state index contributed by atoms with van der Waals surface area (Å²) < 4.78 is 10.8. The third-order valence-corrected chi connectivity index (χ3v) is 4.46. The molecule has 0 aromatic heterocycles. The molecule has 1 aromatic carbocycles. The summed E-state index contributed by atoms with van der Waals surface area (Å²) in [6, 6.07) is 1.85. The first-order chi connectivity index (χ1) is 8.19. The molecule has 0 saturated carbocycles. The van der Waals surface area contributed by atoms with Crippen molar-refractivity contribution in [1.82, 2.24) is 0 Å². The predicted molar refractivity (Wildman–Crippen MR) is 73.8 cm³/mol. The first-order valence-corrected chi connectivity index (χ1v) is 7.05. The standard InChI is InChI=1S/C13H16BrClO2/c1-16-11-7-10(15)8-5-3-4-6-9(14)12(8)13(11)17-2/h7,9H,3-6H2,1-2H3. The van der Waals surface area contributed by atoms with Gasteiger partial charge in [-0.3, -0.25) is 0 Å². The Balaban J connectivity index is 2.64. The molecule has 17 heavy (non-hydrogen) atoms. The summed E-state index contributed by atoms with van der Waals surface area (Å²) in [4.78, 5) is 0.294. The Kier molecular flexibility index (Phi) is 4.21. The molecule has 94 valence electrons. The lowest BCUT2D eigenvalue weighted by Gasteiger charge is -2.19. The van der Waals surface area contributed by atoms with Crippen molar-refractivity contribution >= 4 is 27.5 Å². The van der Waals surface area contributed by atoms with Gasteiger partial charge in [0.25, 0.3) is 0 Å². The average Bonchev–Trinajstić information content (AvgIpc) is 2.52. The minimum Gasteiger partial charge on any atom is -0.493 e.